The van der Waals surface area contributed by atoms with Crippen LogP contribution in [-0.4, -0.2) is 38.9 Å². The zero-order valence-electron chi connectivity index (χ0n) is 20.7. The number of halogens is 1. The molecule has 4 aromatic rings. The molecule has 0 aliphatic heterocycles. The number of nitrogens with zero attached hydrogens (tertiary/aromatic N) is 3. The molecule has 0 aliphatic carbocycles. The summed E-state index contributed by atoms with van der Waals surface area (Å²) in [6.45, 7) is 5.41. The Labute approximate surface area is 220 Å². The number of hydrogen-bond donors (Lipinski definition) is 1. The lowest BCUT2D eigenvalue weighted by molar-refractivity contribution is -0.134. The first-order chi connectivity index (χ1) is 17.4. The van der Waals surface area contributed by atoms with Gasteiger partial charge in [-0.15, -0.1) is 0 Å². The third-order valence-corrected chi connectivity index (χ3v) is 6.66. The fourth-order valence-electron chi connectivity index (χ4n) is 4.21. The SMILES string of the molecule is CC(C)N(Cc1ccccc1)C(=O)Cn1c(CCCNC(=O)c2ccc(Br)cc2)nc2ccccc21. The number of carbonyl (C=O) groups is 2. The Morgan fingerprint density at radius 3 is 2.39 bits per heavy atom. The highest BCUT2D eigenvalue weighted by atomic mass is 79.9. The number of imidazole rings is 1. The lowest BCUT2D eigenvalue weighted by Crippen LogP contribution is -2.38. The number of aromatic nitrogens is 2. The van der Waals surface area contributed by atoms with Gasteiger partial charge in [0.1, 0.15) is 12.4 Å². The van der Waals surface area contributed by atoms with E-state index in [1.54, 1.807) is 12.1 Å². The van der Waals surface area contributed by atoms with Gasteiger partial charge in [0, 0.05) is 35.6 Å². The standard InChI is InChI=1S/C29H31BrN4O2/c1-21(2)33(19-22-9-4-3-5-10-22)28(35)20-34-26-12-7-6-11-25(26)32-27(34)13-8-18-31-29(36)23-14-16-24(30)17-15-23/h3-7,9-12,14-17,21H,8,13,18-20H2,1-2H3,(H,31,36). The van der Waals surface area contributed by atoms with Crippen LogP contribution in [0.5, 0.6) is 0 Å². The summed E-state index contributed by atoms with van der Waals surface area (Å²) in [7, 11) is 0. The van der Waals surface area contributed by atoms with Gasteiger partial charge < -0.3 is 14.8 Å². The Hall–Kier alpha value is -3.45. The quantitative estimate of drug-likeness (QED) is 0.263. The molecule has 3 aromatic carbocycles. The van der Waals surface area contributed by atoms with E-state index in [4.69, 9.17) is 4.98 Å². The Kier molecular flexibility index (Phi) is 8.54. The van der Waals surface area contributed by atoms with Crippen LogP contribution in [0.25, 0.3) is 11.0 Å². The van der Waals surface area contributed by atoms with E-state index in [1.807, 2.05) is 90.0 Å². The van der Waals surface area contributed by atoms with Gasteiger partial charge in [0.2, 0.25) is 5.91 Å². The Bertz CT molecular complexity index is 1320. The molecule has 7 heteroatoms. The molecule has 0 saturated heterocycles. The predicted octanol–water partition coefficient (Wildman–Crippen LogP) is 5.60. The number of benzene rings is 3. The molecular formula is C29H31BrN4O2. The van der Waals surface area contributed by atoms with E-state index in [0.29, 0.717) is 25.1 Å². The molecule has 0 atom stereocenters. The smallest absolute Gasteiger partial charge is 0.251 e. The van der Waals surface area contributed by atoms with Crippen molar-refractivity contribution < 1.29 is 9.59 Å². The summed E-state index contributed by atoms with van der Waals surface area (Å²) in [5, 5.41) is 2.98. The highest BCUT2D eigenvalue weighted by Crippen LogP contribution is 2.19. The maximum absolute atomic E-state index is 13.5. The summed E-state index contributed by atoms with van der Waals surface area (Å²) in [4.78, 5) is 32.6. The van der Waals surface area contributed by atoms with Crippen LogP contribution in [0.1, 0.15) is 42.0 Å². The molecule has 0 fully saturated rings. The molecule has 0 aliphatic rings. The molecule has 1 N–H and O–H groups in total. The summed E-state index contributed by atoms with van der Waals surface area (Å²) in [6.07, 6.45) is 1.38. The topological polar surface area (TPSA) is 67.2 Å². The van der Waals surface area contributed by atoms with Gasteiger partial charge in [0.05, 0.1) is 11.0 Å². The van der Waals surface area contributed by atoms with E-state index in [0.717, 1.165) is 33.3 Å². The summed E-state index contributed by atoms with van der Waals surface area (Å²) in [5.41, 5.74) is 3.56. The minimum atomic E-state index is -0.0975. The van der Waals surface area contributed by atoms with Gasteiger partial charge in [-0.3, -0.25) is 9.59 Å². The number of carbonyl (C=O) groups excluding carboxylic acids is 2. The monoisotopic (exact) mass is 546 g/mol. The van der Waals surface area contributed by atoms with Crippen molar-refractivity contribution in [3.8, 4) is 0 Å². The third-order valence-electron chi connectivity index (χ3n) is 6.14. The van der Waals surface area contributed by atoms with Gasteiger partial charge in [-0.25, -0.2) is 4.98 Å². The van der Waals surface area contributed by atoms with Gasteiger partial charge in [-0.1, -0.05) is 58.4 Å². The van der Waals surface area contributed by atoms with E-state index in [2.05, 4.69) is 21.2 Å². The Morgan fingerprint density at radius 2 is 1.67 bits per heavy atom. The minimum absolute atomic E-state index is 0.0572. The first kappa shape index (κ1) is 25.6. The van der Waals surface area contributed by atoms with Crippen molar-refractivity contribution in [3.05, 3.63) is 100 Å². The first-order valence-electron chi connectivity index (χ1n) is 12.2. The van der Waals surface area contributed by atoms with Gasteiger partial charge in [0.25, 0.3) is 5.91 Å². The van der Waals surface area contributed by atoms with Crippen molar-refractivity contribution in [3.63, 3.8) is 0 Å². The van der Waals surface area contributed by atoms with Crippen LogP contribution in [-0.2, 0) is 24.3 Å². The van der Waals surface area contributed by atoms with Gasteiger partial charge in [-0.2, -0.15) is 0 Å². The van der Waals surface area contributed by atoms with Crippen molar-refractivity contribution in [1.82, 2.24) is 19.8 Å². The highest BCUT2D eigenvalue weighted by molar-refractivity contribution is 9.10. The maximum Gasteiger partial charge on any atom is 0.251 e. The van der Waals surface area contributed by atoms with Gasteiger partial charge in [0.15, 0.2) is 0 Å². The van der Waals surface area contributed by atoms with E-state index in [9.17, 15) is 9.59 Å². The van der Waals surface area contributed by atoms with Crippen LogP contribution in [0.4, 0.5) is 0 Å². The van der Waals surface area contributed by atoms with Crippen LogP contribution in [0.2, 0.25) is 0 Å². The molecule has 1 aromatic heterocycles. The van der Waals surface area contributed by atoms with Gasteiger partial charge >= 0.3 is 0 Å². The van der Waals surface area contributed by atoms with E-state index < -0.39 is 0 Å². The number of amides is 2. The second-order valence-electron chi connectivity index (χ2n) is 9.07. The van der Waals surface area contributed by atoms with Crippen LogP contribution in [0, 0.1) is 0 Å². The molecule has 0 saturated carbocycles. The number of aryl methyl sites for hydroxylation is 1. The summed E-state index contributed by atoms with van der Waals surface area (Å²) < 4.78 is 2.96. The zero-order chi connectivity index (χ0) is 25.5. The molecule has 0 unspecified atom stereocenters. The van der Waals surface area contributed by atoms with Crippen LogP contribution in [0.3, 0.4) is 0 Å². The second-order valence-corrected chi connectivity index (χ2v) is 9.99. The number of nitrogens with one attached hydrogen (secondary N) is 1. The molecule has 0 radical (unpaired) electrons. The molecular weight excluding hydrogens is 516 g/mol. The van der Waals surface area contributed by atoms with E-state index in [1.165, 1.54) is 0 Å². The molecule has 6 nitrogen and oxygen atoms in total. The summed E-state index contributed by atoms with van der Waals surface area (Å²) >= 11 is 3.39. The average Bonchev–Trinajstić information content (AvgIpc) is 3.23. The maximum atomic E-state index is 13.5. The zero-order valence-corrected chi connectivity index (χ0v) is 22.2. The molecule has 1 heterocycles. The van der Waals surface area contributed by atoms with Crippen molar-refractivity contribution in [2.45, 2.75) is 45.8 Å². The second kappa shape index (κ2) is 12.0. The first-order valence-corrected chi connectivity index (χ1v) is 13.0. The van der Waals surface area contributed by atoms with Crippen molar-refractivity contribution in [1.29, 1.82) is 0 Å². The summed E-state index contributed by atoms with van der Waals surface area (Å²) in [5.74, 6) is 0.812. The van der Waals surface area contributed by atoms with E-state index in [-0.39, 0.29) is 24.4 Å². The minimum Gasteiger partial charge on any atom is -0.352 e. The lowest BCUT2D eigenvalue weighted by atomic mass is 10.2. The fourth-order valence-corrected chi connectivity index (χ4v) is 4.47. The Balaban J connectivity index is 1.44. The third kappa shape index (κ3) is 6.40. The van der Waals surface area contributed by atoms with Crippen LogP contribution in [0.15, 0.2) is 83.3 Å². The van der Waals surface area contributed by atoms with Crippen molar-refractivity contribution in [2.75, 3.05) is 6.54 Å². The normalized spacial score (nSPS) is 11.1. The molecule has 2 amide bonds. The largest absolute Gasteiger partial charge is 0.352 e. The molecule has 0 spiro atoms. The number of fused-ring (bicyclic) bond motifs is 1. The number of para-hydroxylation sites is 2. The average molecular weight is 547 g/mol. The molecule has 186 valence electrons. The molecule has 0 bridgehead atoms. The van der Waals surface area contributed by atoms with Crippen molar-refractivity contribution >= 4 is 38.8 Å². The summed E-state index contributed by atoms with van der Waals surface area (Å²) in [6, 6.07) is 25.3. The number of hydrogen-bond acceptors (Lipinski definition) is 3. The Morgan fingerprint density at radius 1 is 0.972 bits per heavy atom. The van der Waals surface area contributed by atoms with E-state index >= 15 is 0 Å². The molecule has 36 heavy (non-hydrogen) atoms. The molecule has 4 rings (SSSR count). The van der Waals surface area contributed by atoms with Crippen LogP contribution < -0.4 is 5.32 Å². The fraction of sp³-hybridized carbons (Fsp3) is 0.276. The number of rotatable bonds is 10. The van der Waals surface area contributed by atoms with Gasteiger partial charge in [-0.05, 0) is 62.2 Å². The predicted molar refractivity (Wildman–Crippen MR) is 147 cm³/mol. The van der Waals surface area contributed by atoms with Crippen LogP contribution >= 0.6 is 15.9 Å². The van der Waals surface area contributed by atoms with Crippen molar-refractivity contribution in [2.24, 2.45) is 0 Å². The highest BCUT2D eigenvalue weighted by Gasteiger charge is 2.20. The lowest BCUT2D eigenvalue weighted by Gasteiger charge is -2.27.